The second kappa shape index (κ2) is 6.66. The third-order valence-corrected chi connectivity index (χ3v) is 2.94. The van der Waals surface area contributed by atoms with Crippen LogP contribution in [0.5, 0.6) is 5.75 Å². The van der Waals surface area contributed by atoms with Crippen LogP contribution in [0, 0.1) is 5.92 Å². The maximum atomic E-state index is 5.69. The maximum Gasteiger partial charge on any atom is 0.169 e. The summed E-state index contributed by atoms with van der Waals surface area (Å²) in [6, 6.07) is 11.8. The lowest BCUT2D eigenvalue weighted by Crippen LogP contribution is -2.05. The van der Waals surface area contributed by atoms with E-state index in [2.05, 4.69) is 35.1 Å². The van der Waals surface area contributed by atoms with E-state index in [1.165, 1.54) is 0 Å². The molecule has 0 saturated carbocycles. The standard InChI is InChI=1S/C15H18BrNO2/c1-11(2)10-18-13-5-3-4-12(8-13)17-9-14-6-7-15(16)19-14/h3-8,11,17H,9-10H2,1-2H3. The first-order valence-electron chi connectivity index (χ1n) is 6.34. The van der Waals surface area contributed by atoms with Crippen LogP contribution in [0.2, 0.25) is 0 Å². The molecule has 0 aliphatic carbocycles. The van der Waals surface area contributed by atoms with Crippen molar-refractivity contribution in [1.29, 1.82) is 0 Å². The van der Waals surface area contributed by atoms with Crippen molar-refractivity contribution in [2.24, 2.45) is 5.92 Å². The molecule has 0 spiro atoms. The van der Waals surface area contributed by atoms with Crippen LogP contribution >= 0.6 is 15.9 Å². The summed E-state index contributed by atoms with van der Waals surface area (Å²) in [5.41, 5.74) is 1.02. The van der Waals surface area contributed by atoms with Gasteiger partial charge in [0.2, 0.25) is 0 Å². The number of benzene rings is 1. The van der Waals surface area contributed by atoms with Gasteiger partial charge in [-0.3, -0.25) is 0 Å². The number of hydrogen-bond acceptors (Lipinski definition) is 3. The molecule has 1 heterocycles. The van der Waals surface area contributed by atoms with E-state index in [4.69, 9.17) is 9.15 Å². The third kappa shape index (κ3) is 4.63. The zero-order valence-corrected chi connectivity index (χ0v) is 12.7. The summed E-state index contributed by atoms with van der Waals surface area (Å²) in [5, 5.41) is 3.31. The summed E-state index contributed by atoms with van der Waals surface area (Å²) in [5.74, 6) is 2.30. The SMILES string of the molecule is CC(C)COc1cccc(NCc2ccc(Br)o2)c1. The lowest BCUT2D eigenvalue weighted by Gasteiger charge is -2.10. The highest BCUT2D eigenvalue weighted by Crippen LogP contribution is 2.20. The molecule has 0 unspecified atom stereocenters. The van der Waals surface area contributed by atoms with Gasteiger partial charge < -0.3 is 14.5 Å². The number of nitrogens with one attached hydrogen (secondary N) is 1. The van der Waals surface area contributed by atoms with Crippen molar-refractivity contribution in [2.45, 2.75) is 20.4 Å². The molecule has 0 radical (unpaired) electrons. The molecule has 1 N–H and O–H groups in total. The number of halogens is 1. The molecular weight excluding hydrogens is 306 g/mol. The van der Waals surface area contributed by atoms with Crippen LogP contribution in [0.3, 0.4) is 0 Å². The van der Waals surface area contributed by atoms with Crippen molar-refractivity contribution >= 4 is 21.6 Å². The summed E-state index contributed by atoms with van der Waals surface area (Å²) in [6.45, 7) is 5.65. The molecule has 0 fully saturated rings. The largest absolute Gasteiger partial charge is 0.493 e. The van der Waals surface area contributed by atoms with Crippen LogP contribution in [0.4, 0.5) is 5.69 Å². The van der Waals surface area contributed by atoms with Crippen molar-refractivity contribution in [3.63, 3.8) is 0 Å². The van der Waals surface area contributed by atoms with Gasteiger partial charge in [-0.05, 0) is 46.1 Å². The minimum Gasteiger partial charge on any atom is -0.493 e. The van der Waals surface area contributed by atoms with Gasteiger partial charge in [0.25, 0.3) is 0 Å². The number of ether oxygens (including phenoxy) is 1. The molecule has 2 aromatic rings. The van der Waals surface area contributed by atoms with E-state index < -0.39 is 0 Å². The van der Waals surface area contributed by atoms with Crippen LogP contribution in [-0.2, 0) is 6.54 Å². The fraction of sp³-hybridized carbons (Fsp3) is 0.333. The third-order valence-electron chi connectivity index (χ3n) is 2.51. The molecule has 0 atom stereocenters. The smallest absolute Gasteiger partial charge is 0.169 e. The minimum atomic E-state index is 0.525. The monoisotopic (exact) mass is 323 g/mol. The highest BCUT2D eigenvalue weighted by molar-refractivity contribution is 9.10. The average molecular weight is 324 g/mol. The van der Waals surface area contributed by atoms with Gasteiger partial charge in [-0.2, -0.15) is 0 Å². The lowest BCUT2D eigenvalue weighted by molar-refractivity contribution is 0.271. The van der Waals surface area contributed by atoms with Gasteiger partial charge in [0.15, 0.2) is 4.67 Å². The second-order valence-corrected chi connectivity index (χ2v) is 5.57. The Bertz CT molecular complexity index is 522. The van der Waals surface area contributed by atoms with Crippen LogP contribution in [0.25, 0.3) is 0 Å². The summed E-state index contributed by atoms with van der Waals surface area (Å²) in [4.78, 5) is 0. The van der Waals surface area contributed by atoms with Gasteiger partial charge >= 0.3 is 0 Å². The Morgan fingerprint density at radius 2 is 2.11 bits per heavy atom. The van der Waals surface area contributed by atoms with Gasteiger partial charge in [0.05, 0.1) is 13.2 Å². The van der Waals surface area contributed by atoms with Crippen molar-refractivity contribution in [2.75, 3.05) is 11.9 Å². The summed E-state index contributed by atoms with van der Waals surface area (Å²) in [6.07, 6.45) is 0. The van der Waals surface area contributed by atoms with Gasteiger partial charge in [0.1, 0.15) is 11.5 Å². The molecule has 0 saturated heterocycles. The van der Waals surface area contributed by atoms with E-state index in [0.717, 1.165) is 28.5 Å². The number of hydrogen-bond donors (Lipinski definition) is 1. The van der Waals surface area contributed by atoms with Gasteiger partial charge in [0, 0.05) is 11.8 Å². The summed E-state index contributed by atoms with van der Waals surface area (Å²) in [7, 11) is 0. The van der Waals surface area contributed by atoms with Crippen LogP contribution < -0.4 is 10.1 Å². The van der Waals surface area contributed by atoms with Crippen LogP contribution in [0.15, 0.2) is 45.5 Å². The quantitative estimate of drug-likeness (QED) is 0.837. The molecule has 19 heavy (non-hydrogen) atoms. The van der Waals surface area contributed by atoms with E-state index in [1.807, 2.05) is 36.4 Å². The number of anilines is 1. The zero-order valence-electron chi connectivity index (χ0n) is 11.2. The van der Waals surface area contributed by atoms with Crippen molar-refractivity contribution in [3.8, 4) is 5.75 Å². The Kier molecular flexibility index (Phi) is 4.91. The predicted octanol–water partition coefficient (Wildman–Crippen LogP) is 4.69. The highest BCUT2D eigenvalue weighted by atomic mass is 79.9. The Morgan fingerprint density at radius 3 is 2.79 bits per heavy atom. The van der Waals surface area contributed by atoms with Gasteiger partial charge in [-0.1, -0.05) is 19.9 Å². The normalized spacial score (nSPS) is 10.7. The topological polar surface area (TPSA) is 34.4 Å². The molecule has 102 valence electrons. The molecule has 1 aromatic carbocycles. The molecule has 0 aliphatic heterocycles. The molecular formula is C15H18BrNO2. The van der Waals surface area contributed by atoms with E-state index >= 15 is 0 Å². The summed E-state index contributed by atoms with van der Waals surface area (Å²) < 4.78 is 11.9. The first-order valence-corrected chi connectivity index (χ1v) is 7.14. The van der Waals surface area contributed by atoms with E-state index in [0.29, 0.717) is 12.5 Å². The first kappa shape index (κ1) is 14.0. The van der Waals surface area contributed by atoms with Crippen LogP contribution in [-0.4, -0.2) is 6.61 Å². The molecule has 3 nitrogen and oxygen atoms in total. The molecule has 0 bridgehead atoms. The Morgan fingerprint density at radius 1 is 1.26 bits per heavy atom. The predicted molar refractivity (Wildman–Crippen MR) is 80.5 cm³/mol. The maximum absolute atomic E-state index is 5.69. The fourth-order valence-electron chi connectivity index (χ4n) is 1.59. The van der Waals surface area contributed by atoms with E-state index in [9.17, 15) is 0 Å². The minimum absolute atomic E-state index is 0.525. The Labute approximate surface area is 122 Å². The number of rotatable bonds is 6. The average Bonchev–Trinajstić information content (AvgIpc) is 2.80. The second-order valence-electron chi connectivity index (χ2n) is 4.79. The Balaban J connectivity index is 1.91. The molecule has 2 rings (SSSR count). The van der Waals surface area contributed by atoms with Gasteiger partial charge in [-0.25, -0.2) is 0 Å². The number of furan rings is 1. The van der Waals surface area contributed by atoms with Crippen molar-refractivity contribution in [1.82, 2.24) is 0 Å². The van der Waals surface area contributed by atoms with E-state index in [1.54, 1.807) is 0 Å². The van der Waals surface area contributed by atoms with Crippen molar-refractivity contribution in [3.05, 3.63) is 46.8 Å². The van der Waals surface area contributed by atoms with Crippen molar-refractivity contribution < 1.29 is 9.15 Å². The fourth-order valence-corrected chi connectivity index (χ4v) is 1.93. The highest BCUT2D eigenvalue weighted by Gasteiger charge is 2.01. The summed E-state index contributed by atoms with van der Waals surface area (Å²) >= 11 is 3.29. The van der Waals surface area contributed by atoms with Crippen LogP contribution in [0.1, 0.15) is 19.6 Å². The lowest BCUT2D eigenvalue weighted by atomic mass is 10.2. The molecule has 0 amide bonds. The zero-order chi connectivity index (χ0) is 13.7. The van der Waals surface area contributed by atoms with E-state index in [-0.39, 0.29) is 0 Å². The Hall–Kier alpha value is -1.42. The molecule has 1 aromatic heterocycles. The van der Waals surface area contributed by atoms with Gasteiger partial charge in [-0.15, -0.1) is 0 Å². The molecule has 0 aliphatic rings. The molecule has 4 heteroatoms. The first-order chi connectivity index (χ1) is 9.13.